The molecule has 0 aliphatic rings. The van der Waals surface area contributed by atoms with Gasteiger partial charge in [0, 0.05) is 23.7 Å². The molecule has 0 amide bonds. The maximum Gasteiger partial charge on any atom is 0.260 e. The van der Waals surface area contributed by atoms with Crippen LogP contribution in [0, 0.1) is 0 Å². The molecule has 3 heteroatoms. The largest absolute Gasteiger partial charge is 0.292 e. The number of hydrogen-bond donors (Lipinski definition) is 0. The predicted molar refractivity (Wildman–Crippen MR) is 90.9 cm³/mol. The van der Waals surface area contributed by atoms with Crippen molar-refractivity contribution in [2.75, 3.05) is 0 Å². The van der Waals surface area contributed by atoms with Gasteiger partial charge in [-0.25, -0.2) is 4.98 Å². The van der Waals surface area contributed by atoms with Gasteiger partial charge < -0.3 is 0 Å². The summed E-state index contributed by atoms with van der Waals surface area (Å²) < 4.78 is 1.78. The van der Waals surface area contributed by atoms with Crippen molar-refractivity contribution in [3.05, 3.63) is 77.2 Å². The summed E-state index contributed by atoms with van der Waals surface area (Å²) in [5.74, 6) is 0. The van der Waals surface area contributed by atoms with Crippen LogP contribution in [0.1, 0.15) is 13.3 Å². The van der Waals surface area contributed by atoms with Crippen LogP contribution in [0.3, 0.4) is 0 Å². The van der Waals surface area contributed by atoms with Crippen LogP contribution in [0.15, 0.2) is 71.7 Å². The fraction of sp³-hybridized carbons (Fsp3) is 0.158. The lowest BCUT2D eigenvalue weighted by molar-refractivity contribution is 0.702. The maximum absolute atomic E-state index is 12.9. The Bertz CT molecular complexity index is 863. The third-order valence-corrected chi connectivity index (χ3v) is 3.69. The highest BCUT2D eigenvalue weighted by Gasteiger charge is 2.10. The molecule has 0 aliphatic heterocycles. The van der Waals surface area contributed by atoms with Gasteiger partial charge in [-0.05, 0) is 37.1 Å². The van der Waals surface area contributed by atoms with Crippen molar-refractivity contribution < 1.29 is 0 Å². The number of fused-ring (bicyclic) bond motifs is 1. The van der Waals surface area contributed by atoms with Crippen LogP contribution in [-0.4, -0.2) is 9.55 Å². The highest BCUT2D eigenvalue weighted by atomic mass is 16.1. The molecule has 2 aromatic heterocycles. The van der Waals surface area contributed by atoms with E-state index in [1.165, 1.54) is 0 Å². The van der Waals surface area contributed by atoms with Gasteiger partial charge >= 0.3 is 0 Å². The SMILES string of the molecule is CC=CCCn1c(=O)c(-c2ccccc2)cc2cccnc21. The summed E-state index contributed by atoms with van der Waals surface area (Å²) in [6.07, 6.45) is 6.62. The summed E-state index contributed by atoms with van der Waals surface area (Å²) in [7, 11) is 0. The Balaban J connectivity index is 2.22. The molecule has 1 aromatic carbocycles. The lowest BCUT2D eigenvalue weighted by atomic mass is 10.1. The van der Waals surface area contributed by atoms with Crippen molar-refractivity contribution in [3.63, 3.8) is 0 Å². The Labute approximate surface area is 129 Å². The number of allylic oxidation sites excluding steroid dienone is 2. The van der Waals surface area contributed by atoms with E-state index in [9.17, 15) is 4.79 Å². The Kier molecular flexibility index (Phi) is 4.15. The molecule has 110 valence electrons. The molecule has 0 radical (unpaired) electrons. The lowest BCUT2D eigenvalue weighted by Crippen LogP contribution is -2.22. The van der Waals surface area contributed by atoms with Gasteiger partial charge in [0.2, 0.25) is 0 Å². The first-order valence-corrected chi connectivity index (χ1v) is 7.46. The van der Waals surface area contributed by atoms with Crippen LogP contribution in [0.4, 0.5) is 0 Å². The minimum absolute atomic E-state index is 0.0157. The molecular formula is C19H18N2O. The number of rotatable bonds is 4. The topological polar surface area (TPSA) is 34.9 Å². The van der Waals surface area contributed by atoms with Gasteiger partial charge in [-0.2, -0.15) is 0 Å². The molecular weight excluding hydrogens is 272 g/mol. The van der Waals surface area contributed by atoms with Crippen molar-refractivity contribution in [2.24, 2.45) is 0 Å². The number of pyridine rings is 2. The smallest absolute Gasteiger partial charge is 0.260 e. The van der Waals surface area contributed by atoms with E-state index in [4.69, 9.17) is 0 Å². The molecule has 0 unspecified atom stereocenters. The van der Waals surface area contributed by atoms with Crippen molar-refractivity contribution >= 4 is 11.0 Å². The van der Waals surface area contributed by atoms with Crippen LogP contribution in [0.5, 0.6) is 0 Å². The molecule has 2 heterocycles. The van der Waals surface area contributed by atoms with Gasteiger partial charge in [-0.3, -0.25) is 9.36 Å². The Morgan fingerprint density at radius 2 is 1.95 bits per heavy atom. The first-order chi connectivity index (χ1) is 10.8. The van der Waals surface area contributed by atoms with E-state index in [1.807, 2.05) is 61.5 Å². The molecule has 0 spiro atoms. The van der Waals surface area contributed by atoms with Gasteiger partial charge in [0.25, 0.3) is 5.56 Å². The van der Waals surface area contributed by atoms with E-state index in [2.05, 4.69) is 11.1 Å². The molecule has 0 fully saturated rings. The van der Waals surface area contributed by atoms with E-state index in [1.54, 1.807) is 10.8 Å². The van der Waals surface area contributed by atoms with E-state index in [0.29, 0.717) is 6.54 Å². The van der Waals surface area contributed by atoms with Crippen molar-refractivity contribution in [1.82, 2.24) is 9.55 Å². The second-order valence-electron chi connectivity index (χ2n) is 5.15. The first kappa shape index (κ1) is 14.3. The van der Waals surface area contributed by atoms with Crippen molar-refractivity contribution in [1.29, 1.82) is 0 Å². The number of benzene rings is 1. The third kappa shape index (κ3) is 2.70. The van der Waals surface area contributed by atoms with Gasteiger partial charge in [-0.15, -0.1) is 0 Å². The van der Waals surface area contributed by atoms with Crippen LogP contribution >= 0.6 is 0 Å². The second-order valence-corrected chi connectivity index (χ2v) is 5.15. The number of aromatic nitrogens is 2. The Hall–Kier alpha value is -2.68. The normalized spacial score (nSPS) is 11.3. The van der Waals surface area contributed by atoms with Crippen LogP contribution < -0.4 is 5.56 Å². The second kappa shape index (κ2) is 6.39. The van der Waals surface area contributed by atoms with Crippen molar-refractivity contribution in [2.45, 2.75) is 19.9 Å². The molecule has 3 rings (SSSR count). The Morgan fingerprint density at radius 1 is 1.14 bits per heavy atom. The van der Waals surface area contributed by atoms with Crippen molar-refractivity contribution in [3.8, 4) is 11.1 Å². The zero-order valence-corrected chi connectivity index (χ0v) is 12.6. The van der Waals surface area contributed by atoms with Gasteiger partial charge in [0.05, 0.1) is 0 Å². The minimum atomic E-state index is 0.0157. The molecule has 22 heavy (non-hydrogen) atoms. The standard InChI is InChI=1S/C19H18N2O/c1-2-3-7-13-21-18-16(11-8-12-20-18)14-17(19(21)22)15-9-5-4-6-10-15/h2-6,8-12,14H,7,13H2,1H3. The maximum atomic E-state index is 12.9. The van der Waals surface area contributed by atoms with Crippen LogP contribution in [0.25, 0.3) is 22.2 Å². The average Bonchev–Trinajstić information content (AvgIpc) is 2.57. The summed E-state index contributed by atoms with van der Waals surface area (Å²) in [6.45, 7) is 2.62. The Morgan fingerprint density at radius 3 is 2.73 bits per heavy atom. The summed E-state index contributed by atoms with van der Waals surface area (Å²) >= 11 is 0. The van der Waals surface area contributed by atoms with Gasteiger partial charge in [-0.1, -0.05) is 42.5 Å². The van der Waals surface area contributed by atoms with Crippen LogP contribution in [-0.2, 0) is 6.54 Å². The number of hydrogen-bond acceptors (Lipinski definition) is 2. The first-order valence-electron chi connectivity index (χ1n) is 7.46. The fourth-order valence-corrected chi connectivity index (χ4v) is 2.61. The number of nitrogens with zero attached hydrogens (tertiary/aromatic N) is 2. The lowest BCUT2D eigenvalue weighted by Gasteiger charge is -2.11. The molecule has 0 aliphatic carbocycles. The summed E-state index contributed by atoms with van der Waals surface area (Å²) in [5.41, 5.74) is 2.43. The summed E-state index contributed by atoms with van der Waals surface area (Å²) in [5, 5.41) is 0.987. The van der Waals surface area contributed by atoms with E-state index < -0.39 is 0 Å². The highest BCUT2D eigenvalue weighted by Crippen LogP contribution is 2.20. The molecule has 0 saturated heterocycles. The number of aryl methyl sites for hydroxylation is 1. The van der Waals surface area contributed by atoms with E-state index >= 15 is 0 Å². The zero-order valence-electron chi connectivity index (χ0n) is 12.6. The summed E-state index contributed by atoms with van der Waals surface area (Å²) in [6, 6.07) is 15.6. The zero-order chi connectivity index (χ0) is 15.4. The molecule has 0 atom stereocenters. The van der Waals surface area contributed by atoms with Gasteiger partial charge in [0.15, 0.2) is 0 Å². The fourth-order valence-electron chi connectivity index (χ4n) is 2.61. The van der Waals surface area contributed by atoms with Gasteiger partial charge in [0.1, 0.15) is 5.65 Å². The third-order valence-electron chi connectivity index (χ3n) is 3.69. The molecule has 3 nitrogen and oxygen atoms in total. The highest BCUT2D eigenvalue weighted by molar-refractivity contribution is 5.81. The molecule has 0 N–H and O–H groups in total. The minimum Gasteiger partial charge on any atom is -0.292 e. The monoisotopic (exact) mass is 290 g/mol. The van der Waals surface area contributed by atoms with E-state index in [-0.39, 0.29) is 5.56 Å². The molecule has 3 aromatic rings. The van der Waals surface area contributed by atoms with E-state index in [0.717, 1.165) is 28.6 Å². The summed E-state index contributed by atoms with van der Waals surface area (Å²) in [4.78, 5) is 17.3. The quantitative estimate of drug-likeness (QED) is 0.680. The predicted octanol–water partition coefficient (Wildman–Crippen LogP) is 4.03. The molecule has 0 saturated carbocycles. The average molecular weight is 290 g/mol. The molecule has 0 bridgehead atoms. The van der Waals surface area contributed by atoms with Crippen LogP contribution in [0.2, 0.25) is 0 Å².